The molecule has 1 amide bonds. The van der Waals surface area contributed by atoms with E-state index in [2.05, 4.69) is 20.6 Å². The van der Waals surface area contributed by atoms with Gasteiger partial charge in [0.05, 0.1) is 10.7 Å². The Hall–Kier alpha value is -2.15. The van der Waals surface area contributed by atoms with Crippen molar-refractivity contribution < 1.29 is 4.79 Å². The average molecular weight is 393 g/mol. The number of nitrogens with one attached hydrogen (secondary N) is 2. The summed E-state index contributed by atoms with van der Waals surface area (Å²) in [4.78, 5) is 21.5. The molecule has 5 nitrogen and oxygen atoms in total. The van der Waals surface area contributed by atoms with Crippen molar-refractivity contribution in [2.24, 2.45) is 0 Å². The molecule has 25 heavy (non-hydrogen) atoms. The lowest BCUT2D eigenvalue weighted by Crippen LogP contribution is -2.22. The van der Waals surface area contributed by atoms with E-state index in [-0.39, 0.29) is 5.91 Å². The molecular formula is C17H14Cl2N4OS. The Morgan fingerprint density at radius 1 is 1.20 bits per heavy atom. The van der Waals surface area contributed by atoms with Gasteiger partial charge in [-0.05, 0) is 36.8 Å². The van der Waals surface area contributed by atoms with Crippen molar-refractivity contribution in [2.75, 3.05) is 5.32 Å². The average Bonchev–Trinajstić information content (AvgIpc) is 2.95. The van der Waals surface area contributed by atoms with Crippen LogP contribution in [0.3, 0.4) is 0 Å². The van der Waals surface area contributed by atoms with E-state index in [9.17, 15) is 4.79 Å². The van der Waals surface area contributed by atoms with Gasteiger partial charge in [-0.3, -0.25) is 4.79 Å². The normalized spacial score (nSPS) is 10.5. The van der Waals surface area contributed by atoms with Gasteiger partial charge in [0.1, 0.15) is 10.7 Å². The first-order valence-electron chi connectivity index (χ1n) is 7.40. The number of benzene rings is 1. The molecule has 3 rings (SSSR count). The van der Waals surface area contributed by atoms with E-state index in [0.29, 0.717) is 38.1 Å². The van der Waals surface area contributed by atoms with E-state index in [1.54, 1.807) is 31.3 Å². The quantitative estimate of drug-likeness (QED) is 0.652. The second kappa shape index (κ2) is 7.82. The number of pyridine rings is 1. The van der Waals surface area contributed by atoms with Crippen molar-refractivity contribution in [1.82, 2.24) is 15.3 Å². The van der Waals surface area contributed by atoms with Crippen LogP contribution in [0.4, 0.5) is 10.9 Å². The van der Waals surface area contributed by atoms with Gasteiger partial charge < -0.3 is 10.6 Å². The maximum absolute atomic E-state index is 12.4. The van der Waals surface area contributed by atoms with Gasteiger partial charge >= 0.3 is 0 Å². The summed E-state index contributed by atoms with van der Waals surface area (Å²) in [7, 11) is 0. The number of aromatic nitrogens is 2. The topological polar surface area (TPSA) is 66.9 Å². The summed E-state index contributed by atoms with van der Waals surface area (Å²) < 4.78 is 0. The number of aryl methyl sites for hydroxylation is 1. The first-order valence-corrected chi connectivity index (χ1v) is 8.97. The molecule has 0 unspecified atom stereocenters. The molecule has 0 aliphatic heterocycles. The Morgan fingerprint density at radius 3 is 2.76 bits per heavy atom. The molecule has 0 bridgehead atoms. The van der Waals surface area contributed by atoms with Crippen molar-refractivity contribution >= 4 is 51.4 Å². The fourth-order valence-electron chi connectivity index (χ4n) is 2.13. The lowest BCUT2D eigenvalue weighted by atomic mass is 10.2. The second-order valence-electron chi connectivity index (χ2n) is 5.23. The summed E-state index contributed by atoms with van der Waals surface area (Å²) >= 11 is 13.0. The number of thiazole rings is 1. The number of amides is 1. The molecule has 0 saturated heterocycles. The van der Waals surface area contributed by atoms with Crippen molar-refractivity contribution in [2.45, 2.75) is 13.5 Å². The summed E-state index contributed by atoms with van der Waals surface area (Å²) in [5, 5.41) is 7.74. The smallest absolute Gasteiger partial charge is 0.263 e. The summed E-state index contributed by atoms with van der Waals surface area (Å²) in [6.45, 7) is 2.20. The highest BCUT2D eigenvalue weighted by Crippen LogP contribution is 2.25. The maximum Gasteiger partial charge on any atom is 0.263 e. The molecule has 2 N–H and O–H groups in total. The van der Waals surface area contributed by atoms with Crippen LogP contribution in [0.25, 0.3) is 0 Å². The molecule has 0 aliphatic carbocycles. The molecule has 0 radical (unpaired) electrons. The number of carbonyl (C=O) groups excluding carboxylic acids is 1. The molecule has 2 heterocycles. The second-order valence-corrected chi connectivity index (χ2v) is 7.10. The predicted octanol–water partition coefficient (Wildman–Crippen LogP) is 4.83. The van der Waals surface area contributed by atoms with Gasteiger partial charge in [0.15, 0.2) is 5.13 Å². The van der Waals surface area contributed by atoms with Crippen LogP contribution in [-0.2, 0) is 6.54 Å². The van der Waals surface area contributed by atoms with Gasteiger partial charge in [0.25, 0.3) is 5.91 Å². The van der Waals surface area contributed by atoms with Crippen molar-refractivity contribution in [3.63, 3.8) is 0 Å². The van der Waals surface area contributed by atoms with E-state index >= 15 is 0 Å². The van der Waals surface area contributed by atoms with Gasteiger partial charge in [-0.2, -0.15) is 0 Å². The maximum atomic E-state index is 12.4. The molecule has 2 aromatic heterocycles. The fourth-order valence-corrected chi connectivity index (χ4v) is 3.34. The number of halogens is 2. The zero-order valence-corrected chi connectivity index (χ0v) is 15.5. The Balaban J connectivity index is 1.66. The summed E-state index contributed by atoms with van der Waals surface area (Å²) in [5.74, 6) is 0.441. The lowest BCUT2D eigenvalue weighted by molar-refractivity contribution is 0.0954. The Bertz CT molecular complexity index is 896. The molecule has 3 aromatic rings. The summed E-state index contributed by atoms with van der Waals surface area (Å²) in [6, 6.07) is 10.9. The highest BCUT2D eigenvalue weighted by atomic mass is 35.5. The lowest BCUT2D eigenvalue weighted by Gasteiger charge is -2.04. The molecule has 0 atom stereocenters. The first-order chi connectivity index (χ1) is 12.0. The van der Waals surface area contributed by atoms with Gasteiger partial charge in [0.2, 0.25) is 0 Å². The molecule has 8 heteroatoms. The number of nitrogens with zero attached hydrogens (tertiary/aromatic N) is 2. The van der Waals surface area contributed by atoms with E-state index in [1.807, 2.05) is 18.2 Å². The Labute approximate surface area is 159 Å². The van der Waals surface area contributed by atoms with E-state index < -0.39 is 0 Å². The largest absolute Gasteiger partial charge is 0.347 e. The highest BCUT2D eigenvalue weighted by molar-refractivity contribution is 7.17. The SMILES string of the molecule is Cc1nc(Nc2ccc(Cl)cn2)sc1C(=O)NCc1cccc(Cl)c1. The van der Waals surface area contributed by atoms with Crippen molar-refractivity contribution in [1.29, 1.82) is 0 Å². The van der Waals surface area contributed by atoms with E-state index in [0.717, 1.165) is 5.56 Å². The number of anilines is 2. The number of carbonyl (C=O) groups is 1. The number of hydrogen-bond acceptors (Lipinski definition) is 5. The fraction of sp³-hybridized carbons (Fsp3) is 0.118. The van der Waals surface area contributed by atoms with Crippen LogP contribution in [0, 0.1) is 6.92 Å². The third kappa shape index (κ3) is 4.69. The van der Waals surface area contributed by atoms with E-state index in [1.165, 1.54) is 11.3 Å². The van der Waals surface area contributed by atoms with E-state index in [4.69, 9.17) is 23.2 Å². The van der Waals surface area contributed by atoms with Crippen LogP contribution >= 0.6 is 34.5 Å². The summed E-state index contributed by atoms with van der Waals surface area (Å²) in [5.41, 5.74) is 1.59. The third-order valence-electron chi connectivity index (χ3n) is 3.31. The van der Waals surface area contributed by atoms with Crippen LogP contribution in [0.2, 0.25) is 10.0 Å². The molecule has 0 fully saturated rings. The monoisotopic (exact) mass is 392 g/mol. The van der Waals surface area contributed by atoms with Crippen LogP contribution in [0.5, 0.6) is 0 Å². The van der Waals surface area contributed by atoms with Crippen molar-refractivity contribution in [3.05, 3.63) is 68.8 Å². The van der Waals surface area contributed by atoms with Crippen LogP contribution in [-0.4, -0.2) is 15.9 Å². The van der Waals surface area contributed by atoms with Gasteiger partial charge in [0, 0.05) is 17.8 Å². The summed E-state index contributed by atoms with van der Waals surface area (Å²) in [6.07, 6.45) is 1.54. The predicted molar refractivity (Wildman–Crippen MR) is 102 cm³/mol. The standard InChI is InChI=1S/C17H14Cl2N4OS/c1-10-15(16(24)21-8-11-3-2-4-12(18)7-11)25-17(22-10)23-14-6-5-13(19)9-20-14/h2-7,9H,8H2,1H3,(H,21,24)(H,20,22,23). The minimum absolute atomic E-state index is 0.174. The Morgan fingerprint density at radius 2 is 2.04 bits per heavy atom. The van der Waals surface area contributed by atoms with Crippen molar-refractivity contribution in [3.8, 4) is 0 Å². The molecule has 0 aliphatic rings. The minimum atomic E-state index is -0.174. The van der Waals surface area contributed by atoms with Gasteiger partial charge in [-0.15, -0.1) is 0 Å². The highest BCUT2D eigenvalue weighted by Gasteiger charge is 2.15. The van der Waals surface area contributed by atoms with Crippen LogP contribution in [0.15, 0.2) is 42.6 Å². The number of hydrogen-bond donors (Lipinski definition) is 2. The minimum Gasteiger partial charge on any atom is -0.347 e. The third-order valence-corrected chi connectivity index (χ3v) is 4.84. The van der Waals surface area contributed by atoms with Crippen LogP contribution < -0.4 is 10.6 Å². The zero-order valence-electron chi connectivity index (χ0n) is 13.2. The van der Waals surface area contributed by atoms with Crippen LogP contribution in [0.1, 0.15) is 20.9 Å². The molecular weight excluding hydrogens is 379 g/mol. The molecule has 0 saturated carbocycles. The molecule has 128 valence electrons. The zero-order chi connectivity index (χ0) is 17.8. The molecule has 0 spiro atoms. The number of rotatable bonds is 5. The van der Waals surface area contributed by atoms with Gasteiger partial charge in [-0.25, -0.2) is 9.97 Å². The van der Waals surface area contributed by atoms with Gasteiger partial charge in [-0.1, -0.05) is 46.7 Å². The first kappa shape index (κ1) is 17.7. The Kier molecular flexibility index (Phi) is 5.53. The molecule has 1 aromatic carbocycles.